The summed E-state index contributed by atoms with van der Waals surface area (Å²) in [6.45, 7) is 2.14. The van der Waals surface area contributed by atoms with Crippen LogP contribution in [-0.2, 0) is 9.53 Å². The van der Waals surface area contributed by atoms with Crippen LogP contribution in [0.2, 0.25) is 0 Å². The zero-order valence-corrected chi connectivity index (χ0v) is 9.53. The summed E-state index contributed by atoms with van der Waals surface area (Å²) in [7, 11) is 0. The van der Waals surface area contributed by atoms with Crippen molar-refractivity contribution in [1.29, 1.82) is 10.5 Å². The molecule has 2 unspecified atom stereocenters. The first-order chi connectivity index (χ1) is 7.67. The van der Waals surface area contributed by atoms with Crippen molar-refractivity contribution in [2.75, 3.05) is 6.61 Å². The van der Waals surface area contributed by atoms with Crippen LogP contribution >= 0.6 is 0 Å². The van der Waals surface area contributed by atoms with Crippen molar-refractivity contribution < 1.29 is 9.53 Å². The van der Waals surface area contributed by atoms with Gasteiger partial charge in [0.25, 0.3) is 0 Å². The fourth-order valence-corrected chi connectivity index (χ4v) is 2.28. The summed E-state index contributed by atoms with van der Waals surface area (Å²) in [5, 5.41) is 17.9. The molecule has 0 aromatic heterocycles. The molecule has 0 spiro atoms. The predicted octanol–water partition coefficient (Wildman–Crippen LogP) is 2.16. The summed E-state index contributed by atoms with van der Waals surface area (Å²) in [5.74, 6) is -0.429. The van der Waals surface area contributed by atoms with Gasteiger partial charge in [-0.1, -0.05) is 6.42 Å². The van der Waals surface area contributed by atoms with Crippen LogP contribution in [0.3, 0.4) is 0 Å². The number of hydrogen-bond acceptors (Lipinski definition) is 4. The van der Waals surface area contributed by atoms with E-state index in [0.717, 1.165) is 12.8 Å². The summed E-state index contributed by atoms with van der Waals surface area (Å²) in [4.78, 5) is 11.6. The molecular formula is C12H16N2O2. The molecule has 1 rings (SSSR count). The zero-order chi connectivity index (χ0) is 12.0. The molecule has 1 saturated carbocycles. The molecule has 0 aromatic carbocycles. The molecule has 0 aromatic rings. The topological polar surface area (TPSA) is 73.9 Å². The Morgan fingerprint density at radius 2 is 2.31 bits per heavy atom. The number of esters is 1. The third kappa shape index (κ3) is 2.73. The quantitative estimate of drug-likeness (QED) is 0.683. The molecule has 1 fully saturated rings. The van der Waals surface area contributed by atoms with Crippen LogP contribution < -0.4 is 0 Å². The van der Waals surface area contributed by atoms with E-state index in [-0.39, 0.29) is 18.3 Å². The molecule has 0 bridgehead atoms. The Morgan fingerprint density at radius 1 is 1.56 bits per heavy atom. The Kier molecular flexibility index (Phi) is 4.31. The van der Waals surface area contributed by atoms with Crippen LogP contribution in [-0.4, -0.2) is 12.6 Å². The van der Waals surface area contributed by atoms with Gasteiger partial charge in [-0.25, -0.2) is 0 Å². The van der Waals surface area contributed by atoms with Crippen LogP contribution in [0.5, 0.6) is 0 Å². The zero-order valence-electron chi connectivity index (χ0n) is 9.53. The molecule has 0 saturated heterocycles. The maximum absolute atomic E-state index is 11.6. The molecule has 0 aliphatic heterocycles. The Hall–Kier alpha value is -1.55. The van der Waals surface area contributed by atoms with Crippen molar-refractivity contribution in [2.45, 2.75) is 39.0 Å². The van der Waals surface area contributed by atoms with E-state index in [2.05, 4.69) is 6.07 Å². The molecule has 4 nitrogen and oxygen atoms in total. The van der Waals surface area contributed by atoms with E-state index in [4.69, 9.17) is 15.3 Å². The van der Waals surface area contributed by atoms with E-state index in [9.17, 15) is 4.79 Å². The third-order valence-corrected chi connectivity index (χ3v) is 3.12. The van der Waals surface area contributed by atoms with Gasteiger partial charge in [-0.3, -0.25) is 4.79 Å². The van der Waals surface area contributed by atoms with E-state index < -0.39 is 5.41 Å². The average Bonchev–Trinajstić information content (AvgIpc) is 2.30. The van der Waals surface area contributed by atoms with Gasteiger partial charge in [-0.2, -0.15) is 10.5 Å². The number of carbonyl (C=O) groups excluding carboxylic acids is 1. The minimum atomic E-state index is -0.634. The van der Waals surface area contributed by atoms with Crippen LogP contribution in [0.15, 0.2) is 0 Å². The number of rotatable bonds is 3. The maximum Gasteiger partial charge on any atom is 0.308 e. The number of nitrogens with zero attached hydrogens (tertiary/aromatic N) is 2. The summed E-state index contributed by atoms with van der Waals surface area (Å²) >= 11 is 0. The molecular weight excluding hydrogens is 204 g/mol. The SMILES string of the molecule is CCOC(=O)C1CCCC(C#N)(CC#N)C1. The second kappa shape index (κ2) is 5.51. The van der Waals surface area contributed by atoms with Gasteiger partial charge in [0.15, 0.2) is 0 Å². The average molecular weight is 220 g/mol. The highest BCUT2D eigenvalue weighted by atomic mass is 16.5. The van der Waals surface area contributed by atoms with Crippen LogP contribution in [0.1, 0.15) is 39.0 Å². The van der Waals surface area contributed by atoms with Gasteiger partial charge < -0.3 is 4.74 Å². The highest BCUT2D eigenvalue weighted by molar-refractivity contribution is 5.72. The van der Waals surface area contributed by atoms with Gasteiger partial charge in [0.2, 0.25) is 0 Å². The van der Waals surface area contributed by atoms with Crippen molar-refractivity contribution in [3.63, 3.8) is 0 Å². The minimum Gasteiger partial charge on any atom is -0.466 e. The highest BCUT2D eigenvalue weighted by Crippen LogP contribution is 2.41. The molecule has 86 valence electrons. The van der Waals surface area contributed by atoms with Crippen molar-refractivity contribution in [3.8, 4) is 12.1 Å². The largest absolute Gasteiger partial charge is 0.466 e. The van der Waals surface area contributed by atoms with Crippen LogP contribution in [0.25, 0.3) is 0 Å². The lowest BCUT2D eigenvalue weighted by molar-refractivity contribution is -0.150. The molecule has 2 atom stereocenters. The Morgan fingerprint density at radius 3 is 2.88 bits per heavy atom. The van der Waals surface area contributed by atoms with E-state index in [1.807, 2.05) is 6.07 Å². The van der Waals surface area contributed by atoms with Crippen molar-refractivity contribution in [2.24, 2.45) is 11.3 Å². The lowest BCUT2D eigenvalue weighted by atomic mass is 9.69. The molecule has 1 aliphatic carbocycles. The van der Waals surface area contributed by atoms with Crippen molar-refractivity contribution >= 4 is 5.97 Å². The van der Waals surface area contributed by atoms with E-state index in [0.29, 0.717) is 19.4 Å². The Balaban J connectivity index is 2.69. The smallest absolute Gasteiger partial charge is 0.308 e. The van der Waals surface area contributed by atoms with Crippen LogP contribution in [0.4, 0.5) is 0 Å². The lowest BCUT2D eigenvalue weighted by Gasteiger charge is -2.32. The summed E-state index contributed by atoms with van der Waals surface area (Å²) in [5.41, 5.74) is -0.634. The second-order valence-electron chi connectivity index (χ2n) is 4.27. The van der Waals surface area contributed by atoms with Gasteiger partial charge in [0.1, 0.15) is 0 Å². The second-order valence-corrected chi connectivity index (χ2v) is 4.27. The molecule has 0 amide bonds. The first kappa shape index (κ1) is 12.5. The van der Waals surface area contributed by atoms with Gasteiger partial charge in [-0.05, 0) is 26.2 Å². The molecule has 0 radical (unpaired) electrons. The summed E-state index contributed by atoms with van der Waals surface area (Å²) < 4.78 is 4.97. The normalized spacial score (nSPS) is 28.8. The lowest BCUT2D eigenvalue weighted by Crippen LogP contribution is -2.32. The van der Waals surface area contributed by atoms with E-state index in [1.165, 1.54) is 0 Å². The van der Waals surface area contributed by atoms with E-state index in [1.54, 1.807) is 6.92 Å². The molecule has 1 aliphatic rings. The maximum atomic E-state index is 11.6. The highest BCUT2D eigenvalue weighted by Gasteiger charge is 2.39. The van der Waals surface area contributed by atoms with Crippen molar-refractivity contribution in [3.05, 3.63) is 0 Å². The first-order valence-electron chi connectivity index (χ1n) is 5.62. The van der Waals surface area contributed by atoms with Gasteiger partial charge in [0, 0.05) is 0 Å². The molecule has 4 heteroatoms. The van der Waals surface area contributed by atoms with Gasteiger partial charge in [0.05, 0.1) is 36.5 Å². The number of nitriles is 2. The molecule has 16 heavy (non-hydrogen) atoms. The predicted molar refractivity (Wildman–Crippen MR) is 56.9 cm³/mol. The monoisotopic (exact) mass is 220 g/mol. The summed E-state index contributed by atoms with van der Waals surface area (Å²) in [6, 6.07) is 4.26. The summed E-state index contributed by atoms with van der Waals surface area (Å²) in [6.07, 6.45) is 2.98. The number of hydrogen-bond donors (Lipinski definition) is 0. The van der Waals surface area contributed by atoms with Crippen LogP contribution in [0, 0.1) is 34.0 Å². The fraction of sp³-hybridized carbons (Fsp3) is 0.750. The molecule has 0 heterocycles. The Bertz CT molecular complexity index is 340. The van der Waals surface area contributed by atoms with E-state index >= 15 is 0 Å². The number of carbonyl (C=O) groups is 1. The standard InChI is InChI=1S/C12H16N2O2/c1-2-16-11(15)10-4-3-5-12(8-10,9-14)6-7-13/h10H,2-6,8H2,1H3. The van der Waals surface area contributed by atoms with Crippen molar-refractivity contribution in [1.82, 2.24) is 0 Å². The van der Waals surface area contributed by atoms with Gasteiger partial charge >= 0.3 is 5.97 Å². The van der Waals surface area contributed by atoms with Gasteiger partial charge in [-0.15, -0.1) is 0 Å². The number of ether oxygens (including phenoxy) is 1. The third-order valence-electron chi connectivity index (χ3n) is 3.12. The first-order valence-corrected chi connectivity index (χ1v) is 5.62. The fourth-order valence-electron chi connectivity index (χ4n) is 2.28. The molecule has 0 N–H and O–H groups in total. The Labute approximate surface area is 95.8 Å². The minimum absolute atomic E-state index is 0.207.